The summed E-state index contributed by atoms with van der Waals surface area (Å²) >= 11 is 1.85. The first-order chi connectivity index (χ1) is 13.9. The standard InChI is InChI=1S/C23H31N3O2S/c1-13-11-14(2)25-22(27)18(13)12-26-10-7-19-20(23(26)28)16(4)21(29-19)15(3)17-5-8-24-9-6-17/h11,15,17-18,24H,5-10,12H2,1-4H3/t15-,18?/m1/s1. The SMILES string of the molecule is CC1=CC(C)=NC(=O)C1CN1CCc2sc([C@H](C)C3CCNCC3)c(C)c2C1=O. The molecule has 4 rings (SSSR count). The number of carbonyl (C=O) groups excluding carboxylic acids is 2. The van der Waals surface area contributed by atoms with E-state index in [1.807, 2.05) is 36.2 Å². The molecule has 0 aromatic carbocycles. The molecule has 6 heteroatoms. The van der Waals surface area contributed by atoms with Crippen LogP contribution in [0.1, 0.15) is 65.2 Å². The molecule has 0 bridgehead atoms. The number of aliphatic imine (C=N–C) groups is 1. The van der Waals surface area contributed by atoms with E-state index in [1.54, 1.807) is 0 Å². The minimum atomic E-state index is -0.309. The van der Waals surface area contributed by atoms with Crippen molar-refractivity contribution >= 4 is 28.9 Å². The summed E-state index contributed by atoms with van der Waals surface area (Å²) in [6, 6.07) is 0. The normalized spacial score (nSPS) is 24.3. The minimum absolute atomic E-state index is 0.0932. The van der Waals surface area contributed by atoms with Crippen LogP contribution < -0.4 is 5.32 Å². The zero-order chi connectivity index (χ0) is 20.7. The van der Waals surface area contributed by atoms with Gasteiger partial charge in [0, 0.05) is 35.0 Å². The van der Waals surface area contributed by atoms with E-state index >= 15 is 0 Å². The molecule has 29 heavy (non-hydrogen) atoms. The molecule has 0 aliphatic carbocycles. The fourth-order valence-electron chi connectivity index (χ4n) is 5.06. The van der Waals surface area contributed by atoms with Crippen molar-refractivity contribution in [2.24, 2.45) is 16.8 Å². The second kappa shape index (κ2) is 8.15. The van der Waals surface area contributed by atoms with Crippen molar-refractivity contribution in [1.29, 1.82) is 0 Å². The van der Waals surface area contributed by atoms with Crippen molar-refractivity contribution in [3.63, 3.8) is 0 Å². The fourth-order valence-corrected chi connectivity index (χ4v) is 6.50. The zero-order valence-corrected chi connectivity index (χ0v) is 18.7. The van der Waals surface area contributed by atoms with E-state index in [4.69, 9.17) is 0 Å². The first-order valence-electron chi connectivity index (χ1n) is 10.8. The van der Waals surface area contributed by atoms with Gasteiger partial charge in [-0.25, -0.2) is 4.99 Å². The molecule has 0 spiro atoms. The highest BCUT2D eigenvalue weighted by molar-refractivity contribution is 7.12. The Bertz CT molecular complexity index is 892. The smallest absolute Gasteiger partial charge is 0.255 e. The minimum Gasteiger partial charge on any atom is -0.337 e. The molecule has 5 nitrogen and oxygen atoms in total. The van der Waals surface area contributed by atoms with Crippen molar-refractivity contribution in [3.05, 3.63) is 32.5 Å². The third kappa shape index (κ3) is 3.84. The van der Waals surface area contributed by atoms with Gasteiger partial charge in [0.2, 0.25) is 0 Å². The summed E-state index contributed by atoms with van der Waals surface area (Å²) in [5.41, 5.74) is 3.83. The first kappa shape index (κ1) is 20.5. The van der Waals surface area contributed by atoms with Crippen molar-refractivity contribution < 1.29 is 9.59 Å². The van der Waals surface area contributed by atoms with Gasteiger partial charge in [-0.15, -0.1) is 11.3 Å². The number of allylic oxidation sites excluding steroid dienone is 1. The van der Waals surface area contributed by atoms with Crippen LogP contribution in [0, 0.1) is 18.8 Å². The highest BCUT2D eigenvalue weighted by atomic mass is 32.1. The number of hydrogen-bond acceptors (Lipinski definition) is 4. The van der Waals surface area contributed by atoms with E-state index in [2.05, 4.69) is 24.2 Å². The molecule has 1 aromatic heterocycles. The lowest BCUT2D eigenvalue weighted by Crippen LogP contribution is -2.42. The van der Waals surface area contributed by atoms with Crippen LogP contribution in [0.25, 0.3) is 0 Å². The van der Waals surface area contributed by atoms with Crippen LogP contribution in [0.4, 0.5) is 0 Å². The Morgan fingerprint density at radius 3 is 2.66 bits per heavy atom. The Morgan fingerprint density at radius 1 is 1.24 bits per heavy atom. The van der Waals surface area contributed by atoms with E-state index in [1.165, 1.54) is 28.2 Å². The molecule has 156 valence electrons. The van der Waals surface area contributed by atoms with Crippen LogP contribution in [0.15, 0.2) is 16.6 Å². The average molecular weight is 414 g/mol. The molecule has 1 N–H and O–H groups in total. The summed E-state index contributed by atoms with van der Waals surface area (Å²) < 4.78 is 0. The van der Waals surface area contributed by atoms with Gasteiger partial charge in [-0.3, -0.25) is 9.59 Å². The third-order valence-corrected chi connectivity index (χ3v) is 8.40. The van der Waals surface area contributed by atoms with Gasteiger partial charge in [-0.05, 0) is 70.2 Å². The molecule has 1 unspecified atom stereocenters. The maximum Gasteiger partial charge on any atom is 0.255 e. The monoisotopic (exact) mass is 413 g/mol. The summed E-state index contributed by atoms with van der Waals surface area (Å²) in [5.74, 6) is 0.849. The van der Waals surface area contributed by atoms with E-state index in [-0.39, 0.29) is 17.7 Å². The predicted octanol–water partition coefficient (Wildman–Crippen LogP) is 3.72. The molecule has 2 amide bonds. The summed E-state index contributed by atoms with van der Waals surface area (Å²) in [6.45, 7) is 11.6. The number of hydrogen-bond donors (Lipinski definition) is 1. The van der Waals surface area contributed by atoms with Gasteiger partial charge < -0.3 is 10.2 Å². The number of thiophene rings is 1. The number of dihydropyridines is 1. The van der Waals surface area contributed by atoms with Gasteiger partial charge in [0.1, 0.15) is 0 Å². The molecule has 3 aliphatic rings. The first-order valence-corrected chi connectivity index (χ1v) is 11.6. The van der Waals surface area contributed by atoms with Crippen LogP contribution in [0.3, 0.4) is 0 Å². The number of rotatable bonds is 4. The van der Waals surface area contributed by atoms with Crippen molar-refractivity contribution in [3.8, 4) is 0 Å². The number of nitrogens with zero attached hydrogens (tertiary/aromatic N) is 2. The molecule has 0 radical (unpaired) electrons. The molecular weight excluding hydrogens is 382 g/mol. The second-order valence-electron chi connectivity index (χ2n) is 8.80. The van der Waals surface area contributed by atoms with Crippen LogP contribution >= 0.6 is 11.3 Å². The molecular formula is C23H31N3O2S. The molecule has 3 aliphatic heterocycles. The van der Waals surface area contributed by atoms with Gasteiger partial charge in [0.05, 0.1) is 11.5 Å². The molecule has 2 atom stereocenters. The highest BCUT2D eigenvalue weighted by Gasteiger charge is 2.35. The maximum absolute atomic E-state index is 13.4. The average Bonchev–Trinajstić information content (AvgIpc) is 3.03. The van der Waals surface area contributed by atoms with E-state index < -0.39 is 0 Å². The number of nitrogens with one attached hydrogen (secondary N) is 1. The van der Waals surface area contributed by atoms with Gasteiger partial charge in [-0.1, -0.05) is 12.5 Å². The second-order valence-corrected chi connectivity index (χ2v) is 9.94. The molecule has 0 saturated carbocycles. The number of fused-ring (bicyclic) bond motifs is 1. The quantitative estimate of drug-likeness (QED) is 0.818. The van der Waals surface area contributed by atoms with Crippen LogP contribution in [0.2, 0.25) is 0 Å². The number of carbonyl (C=O) groups is 2. The van der Waals surface area contributed by atoms with Crippen molar-refractivity contribution in [1.82, 2.24) is 10.2 Å². The van der Waals surface area contributed by atoms with Gasteiger partial charge >= 0.3 is 0 Å². The summed E-state index contributed by atoms with van der Waals surface area (Å²) in [4.78, 5) is 34.4. The third-order valence-electron chi connectivity index (χ3n) is 6.84. The molecule has 4 heterocycles. The summed E-state index contributed by atoms with van der Waals surface area (Å²) in [7, 11) is 0. The Hall–Kier alpha value is -1.79. The number of piperidine rings is 1. The summed E-state index contributed by atoms with van der Waals surface area (Å²) in [5, 5.41) is 3.45. The highest BCUT2D eigenvalue weighted by Crippen LogP contribution is 2.41. The largest absolute Gasteiger partial charge is 0.337 e. The maximum atomic E-state index is 13.4. The Labute approximate surface area is 177 Å². The topological polar surface area (TPSA) is 61.8 Å². The predicted molar refractivity (Wildman–Crippen MR) is 118 cm³/mol. The zero-order valence-electron chi connectivity index (χ0n) is 17.9. The van der Waals surface area contributed by atoms with Gasteiger partial charge in [-0.2, -0.15) is 0 Å². The molecule has 1 fully saturated rings. The van der Waals surface area contributed by atoms with E-state index in [0.717, 1.165) is 36.4 Å². The lowest BCUT2D eigenvalue weighted by molar-refractivity contribution is -0.120. The Kier molecular flexibility index (Phi) is 5.76. The molecule has 1 aromatic rings. The lowest BCUT2D eigenvalue weighted by Gasteiger charge is -2.31. The van der Waals surface area contributed by atoms with E-state index in [9.17, 15) is 9.59 Å². The van der Waals surface area contributed by atoms with Gasteiger partial charge in [0.25, 0.3) is 11.8 Å². The van der Waals surface area contributed by atoms with Crippen LogP contribution in [0.5, 0.6) is 0 Å². The van der Waals surface area contributed by atoms with Crippen molar-refractivity contribution in [2.45, 2.75) is 52.9 Å². The van der Waals surface area contributed by atoms with Gasteiger partial charge in [0.15, 0.2) is 0 Å². The van der Waals surface area contributed by atoms with E-state index in [0.29, 0.717) is 24.9 Å². The fraction of sp³-hybridized carbons (Fsp3) is 0.609. The van der Waals surface area contributed by atoms with Crippen molar-refractivity contribution in [2.75, 3.05) is 26.2 Å². The number of amides is 2. The summed E-state index contributed by atoms with van der Waals surface area (Å²) in [6.07, 6.45) is 5.26. The van der Waals surface area contributed by atoms with Crippen LogP contribution in [-0.2, 0) is 11.2 Å². The van der Waals surface area contributed by atoms with Crippen LogP contribution in [-0.4, -0.2) is 48.6 Å². The Balaban J connectivity index is 1.54. The Morgan fingerprint density at radius 2 is 1.97 bits per heavy atom. The molecule has 1 saturated heterocycles. The lowest BCUT2D eigenvalue weighted by atomic mass is 9.83.